The summed E-state index contributed by atoms with van der Waals surface area (Å²) in [5.41, 5.74) is 1.67. The second kappa shape index (κ2) is 5.82. The van der Waals surface area contributed by atoms with Gasteiger partial charge in [0.1, 0.15) is 6.29 Å². The number of carbonyl (C=O) groups excluding carboxylic acids is 3. The predicted octanol–water partition coefficient (Wildman–Crippen LogP) is 2.44. The van der Waals surface area contributed by atoms with E-state index in [4.69, 9.17) is 0 Å². The van der Waals surface area contributed by atoms with Gasteiger partial charge in [-0.2, -0.15) is 0 Å². The molecule has 0 fully saturated rings. The fraction of sp³-hybridized carbons (Fsp3) is 0.312. The Bertz CT molecular complexity index is 542. The maximum absolute atomic E-state index is 11.6. The number of imide groups is 1. The summed E-state index contributed by atoms with van der Waals surface area (Å²) in [6.45, 7) is 3.95. The molecule has 0 saturated carbocycles. The van der Waals surface area contributed by atoms with Gasteiger partial charge in [0.2, 0.25) is 0 Å². The number of benzene rings is 1. The third kappa shape index (κ3) is 2.85. The Morgan fingerprint density at radius 3 is 2.10 bits per heavy atom. The molecule has 4 nitrogen and oxygen atoms in total. The van der Waals surface area contributed by atoms with E-state index in [1.807, 2.05) is 19.1 Å². The summed E-state index contributed by atoms with van der Waals surface area (Å²) in [7, 11) is 0. The standard InChI is InChI=1S/C16H17NO3/c1-11(10-18)9-12(2)13-3-5-14(6-4-13)17-15(19)7-8-16(17)20/h3-8,10-12H,9H2,1-2H3. The molecule has 2 atom stereocenters. The lowest BCUT2D eigenvalue weighted by Crippen LogP contribution is -2.29. The van der Waals surface area contributed by atoms with Crippen LogP contribution in [-0.2, 0) is 14.4 Å². The number of nitrogens with zero attached hydrogens (tertiary/aromatic N) is 1. The molecular weight excluding hydrogens is 254 g/mol. The van der Waals surface area contributed by atoms with Crippen molar-refractivity contribution in [2.24, 2.45) is 5.92 Å². The van der Waals surface area contributed by atoms with Crippen LogP contribution in [0.15, 0.2) is 36.4 Å². The monoisotopic (exact) mass is 271 g/mol. The fourth-order valence-electron chi connectivity index (χ4n) is 2.36. The van der Waals surface area contributed by atoms with Gasteiger partial charge < -0.3 is 4.79 Å². The van der Waals surface area contributed by atoms with Crippen molar-refractivity contribution in [3.05, 3.63) is 42.0 Å². The van der Waals surface area contributed by atoms with Crippen LogP contribution in [0.2, 0.25) is 0 Å². The Balaban J connectivity index is 2.12. The molecule has 1 aliphatic heterocycles. The zero-order valence-electron chi connectivity index (χ0n) is 11.6. The molecule has 20 heavy (non-hydrogen) atoms. The summed E-state index contributed by atoms with van der Waals surface area (Å²) in [6, 6.07) is 7.33. The lowest BCUT2D eigenvalue weighted by molar-refractivity contribution is -0.120. The SMILES string of the molecule is CC(C=O)CC(C)c1ccc(N2C(=O)C=CC2=O)cc1. The van der Waals surface area contributed by atoms with Crippen molar-refractivity contribution >= 4 is 23.8 Å². The smallest absolute Gasteiger partial charge is 0.258 e. The number of amides is 2. The summed E-state index contributed by atoms with van der Waals surface area (Å²) in [6.07, 6.45) is 4.28. The zero-order valence-corrected chi connectivity index (χ0v) is 11.6. The van der Waals surface area contributed by atoms with Crippen molar-refractivity contribution < 1.29 is 14.4 Å². The molecule has 1 aromatic carbocycles. The van der Waals surface area contributed by atoms with E-state index in [2.05, 4.69) is 6.92 Å². The summed E-state index contributed by atoms with van der Waals surface area (Å²) in [5, 5.41) is 0. The minimum atomic E-state index is -0.314. The molecule has 0 N–H and O–H groups in total. The highest BCUT2D eigenvalue weighted by Gasteiger charge is 2.25. The molecule has 0 saturated heterocycles. The van der Waals surface area contributed by atoms with Crippen LogP contribution < -0.4 is 4.90 Å². The third-order valence-corrected chi connectivity index (χ3v) is 3.49. The quantitative estimate of drug-likeness (QED) is 0.610. The number of carbonyl (C=O) groups is 3. The second-order valence-electron chi connectivity index (χ2n) is 5.19. The van der Waals surface area contributed by atoms with Crippen LogP contribution in [0.3, 0.4) is 0 Å². The van der Waals surface area contributed by atoms with E-state index in [-0.39, 0.29) is 23.7 Å². The summed E-state index contributed by atoms with van der Waals surface area (Å²) in [4.78, 5) is 35.0. The minimum absolute atomic E-state index is 0.0237. The maximum atomic E-state index is 11.6. The number of anilines is 1. The topological polar surface area (TPSA) is 54.5 Å². The van der Waals surface area contributed by atoms with Crippen molar-refractivity contribution in [3.8, 4) is 0 Å². The average Bonchev–Trinajstić information content (AvgIpc) is 2.78. The van der Waals surface area contributed by atoms with Crippen molar-refractivity contribution in [1.82, 2.24) is 0 Å². The lowest BCUT2D eigenvalue weighted by atomic mass is 9.92. The first-order valence-corrected chi connectivity index (χ1v) is 6.64. The van der Waals surface area contributed by atoms with E-state index in [1.165, 1.54) is 12.2 Å². The van der Waals surface area contributed by atoms with E-state index in [9.17, 15) is 14.4 Å². The Hall–Kier alpha value is -2.23. The largest absolute Gasteiger partial charge is 0.303 e. The van der Waals surface area contributed by atoms with Crippen molar-refractivity contribution in [3.63, 3.8) is 0 Å². The molecule has 1 aliphatic rings. The first-order chi connectivity index (χ1) is 9.52. The molecule has 1 heterocycles. The molecule has 2 rings (SSSR count). The zero-order chi connectivity index (χ0) is 14.7. The molecule has 0 spiro atoms. The van der Waals surface area contributed by atoms with Gasteiger partial charge in [-0.25, -0.2) is 4.90 Å². The highest BCUT2D eigenvalue weighted by atomic mass is 16.2. The van der Waals surface area contributed by atoms with Gasteiger partial charge >= 0.3 is 0 Å². The van der Waals surface area contributed by atoms with E-state index in [1.54, 1.807) is 12.1 Å². The summed E-state index contributed by atoms with van der Waals surface area (Å²) < 4.78 is 0. The average molecular weight is 271 g/mol. The second-order valence-corrected chi connectivity index (χ2v) is 5.19. The van der Waals surface area contributed by atoms with Crippen LogP contribution >= 0.6 is 0 Å². The highest BCUT2D eigenvalue weighted by molar-refractivity contribution is 6.28. The van der Waals surface area contributed by atoms with Gasteiger partial charge in [0.15, 0.2) is 0 Å². The van der Waals surface area contributed by atoms with Gasteiger partial charge in [-0.1, -0.05) is 26.0 Å². The van der Waals surface area contributed by atoms with Crippen molar-refractivity contribution in [2.75, 3.05) is 4.90 Å². The minimum Gasteiger partial charge on any atom is -0.303 e. The van der Waals surface area contributed by atoms with E-state index >= 15 is 0 Å². The van der Waals surface area contributed by atoms with Crippen LogP contribution in [0.25, 0.3) is 0 Å². The Morgan fingerprint density at radius 2 is 1.60 bits per heavy atom. The molecule has 0 aromatic heterocycles. The molecule has 2 unspecified atom stereocenters. The fourth-order valence-corrected chi connectivity index (χ4v) is 2.36. The maximum Gasteiger partial charge on any atom is 0.258 e. The molecular formula is C16H17NO3. The molecule has 0 aliphatic carbocycles. The molecule has 0 radical (unpaired) electrons. The van der Waals surface area contributed by atoms with Crippen LogP contribution in [0.5, 0.6) is 0 Å². The third-order valence-electron chi connectivity index (χ3n) is 3.49. The van der Waals surface area contributed by atoms with Crippen LogP contribution in [0.4, 0.5) is 5.69 Å². The van der Waals surface area contributed by atoms with Gasteiger partial charge in [0, 0.05) is 18.1 Å². The van der Waals surface area contributed by atoms with Gasteiger partial charge in [-0.05, 0) is 30.0 Å². The number of hydrogen-bond donors (Lipinski definition) is 0. The Kier molecular flexibility index (Phi) is 4.13. The molecule has 2 amide bonds. The van der Waals surface area contributed by atoms with Gasteiger partial charge in [-0.3, -0.25) is 9.59 Å². The summed E-state index contributed by atoms with van der Waals surface area (Å²) >= 11 is 0. The van der Waals surface area contributed by atoms with E-state index in [0.29, 0.717) is 5.69 Å². The van der Waals surface area contributed by atoms with Crippen molar-refractivity contribution in [2.45, 2.75) is 26.2 Å². The van der Waals surface area contributed by atoms with Crippen LogP contribution in [0, 0.1) is 5.92 Å². The highest BCUT2D eigenvalue weighted by Crippen LogP contribution is 2.26. The van der Waals surface area contributed by atoms with E-state index in [0.717, 1.165) is 23.2 Å². The van der Waals surface area contributed by atoms with Crippen LogP contribution in [-0.4, -0.2) is 18.1 Å². The van der Waals surface area contributed by atoms with Crippen LogP contribution in [0.1, 0.15) is 31.7 Å². The normalized spacial score (nSPS) is 17.4. The number of aldehydes is 1. The molecule has 1 aromatic rings. The number of hydrogen-bond acceptors (Lipinski definition) is 3. The first kappa shape index (κ1) is 14.2. The number of rotatable bonds is 5. The van der Waals surface area contributed by atoms with E-state index < -0.39 is 0 Å². The lowest BCUT2D eigenvalue weighted by Gasteiger charge is -2.17. The van der Waals surface area contributed by atoms with Gasteiger partial charge in [0.25, 0.3) is 11.8 Å². The Labute approximate surface area is 118 Å². The first-order valence-electron chi connectivity index (χ1n) is 6.64. The van der Waals surface area contributed by atoms with Crippen molar-refractivity contribution in [1.29, 1.82) is 0 Å². The van der Waals surface area contributed by atoms with Gasteiger partial charge in [0.05, 0.1) is 5.69 Å². The molecule has 4 heteroatoms. The Morgan fingerprint density at radius 1 is 1.05 bits per heavy atom. The molecule has 0 bridgehead atoms. The summed E-state index contributed by atoms with van der Waals surface area (Å²) in [5.74, 6) is -0.348. The molecule has 104 valence electrons. The van der Waals surface area contributed by atoms with Gasteiger partial charge in [-0.15, -0.1) is 0 Å². The predicted molar refractivity (Wildman–Crippen MR) is 76.3 cm³/mol.